The molecule has 3 rings (SSSR count). The maximum Gasteiger partial charge on any atom is 0.279 e. The van der Waals surface area contributed by atoms with E-state index in [0.717, 1.165) is 11.7 Å². The summed E-state index contributed by atoms with van der Waals surface area (Å²) < 4.78 is 34.6. The molecule has 7 nitrogen and oxygen atoms in total. The maximum absolute atomic E-state index is 12.1. The number of aromatic amines is 1. The second kappa shape index (κ2) is 4.44. The Hall–Kier alpha value is -1.71. The van der Waals surface area contributed by atoms with Crippen LogP contribution in [-0.4, -0.2) is 27.1 Å². The van der Waals surface area contributed by atoms with Crippen LogP contribution in [0.1, 0.15) is 0 Å². The number of hydrogen-bond donors (Lipinski definition) is 2. The van der Waals surface area contributed by atoms with E-state index in [1.165, 1.54) is 12.5 Å². The van der Waals surface area contributed by atoms with Crippen LogP contribution in [0.4, 0.5) is 5.69 Å². The van der Waals surface area contributed by atoms with Gasteiger partial charge in [0.25, 0.3) is 10.0 Å². The molecule has 19 heavy (non-hydrogen) atoms. The molecule has 2 N–H and O–H groups in total. The average Bonchev–Trinajstić information content (AvgIpc) is 3.02. The molecule has 2 heterocycles. The zero-order valence-electron chi connectivity index (χ0n) is 9.16. The Kier molecular flexibility index (Phi) is 2.88. The molecule has 0 saturated heterocycles. The smallest absolute Gasteiger partial charge is 0.279 e. The minimum absolute atomic E-state index is 0.0521. The molecule has 0 fully saturated rings. The van der Waals surface area contributed by atoms with Crippen molar-refractivity contribution in [2.45, 2.75) is 5.03 Å². The number of fused-ring (bicyclic) bond motifs is 1. The van der Waals surface area contributed by atoms with Gasteiger partial charge in [0.15, 0.2) is 5.03 Å². The van der Waals surface area contributed by atoms with Crippen LogP contribution in [0.5, 0.6) is 0 Å². The number of anilines is 1. The van der Waals surface area contributed by atoms with E-state index in [4.69, 9.17) is 11.6 Å². The van der Waals surface area contributed by atoms with Gasteiger partial charge in [-0.2, -0.15) is 17.2 Å². The van der Waals surface area contributed by atoms with Crippen molar-refractivity contribution >= 4 is 50.1 Å². The van der Waals surface area contributed by atoms with Gasteiger partial charge in [-0.25, -0.2) is 4.98 Å². The van der Waals surface area contributed by atoms with Crippen LogP contribution >= 0.6 is 23.3 Å². The van der Waals surface area contributed by atoms with Crippen molar-refractivity contribution < 1.29 is 8.42 Å². The first-order valence-electron chi connectivity index (χ1n) is 5.00. The van der Waals surface area contributed by atoms with Crippen molar-refractivity contribution in [3.63, 3.8) is 0 Å². The third kappa shape index (κ3) is 2.15. The number of sulfonamides is 1. The Bertz CT molecular complexity index is 828. The van der Waals surface area contributed by atoms with E-state index in [1.54, 1.807) is 12.1 Å². The van der Waals surface area contributed by atoms with Gasteiger partial charge in [0, 0.05) is 0 Å². The van der Waals surface area contributed by atoms with Crippen molar-refractivity contribution in [3.05, 3.63) is 29.7 Å². The molecule has 0 aliphatic heterocycles. The predicted molar refractivity (Wildman–Crippen MR) is 71.8 cm³/mol. The van der Waals surface area contributed by atoms with Crippen molar-refractivity contribution in [2.24, 2.45) is 0 Å². The lowest BCUT2D eigenvalue weighted by Gasteiger charge is -2.08. The minimum atomic E-state index is -3.78. The van der Waals surface area contributed by atoms with Crippen molar-refractivity contribution in [1.29, 1.82) is 0 Å². The Balaban J connectivity index is 2.11. The summed E-state index contributed by atoms with van der Waals surface area (Å²) in [4.78, 5) is 6.19. The molecule has 0 aliphatic carbocycles. The SMILES string of the molecule is O=S(=O)(Nc1c(Cl)ccc2nsnc12)c1cnc[nH]1. The van der Waals surface area contributed by atoms with E-state index < -0.39 is 10.0 Å². The second-order valence-electron chi connectivity index (χ2n) is 3.58. The van der Waals surface area contributed by atoms with E-state index in [1.807, 2.05) is 0 Å². The highest BCUT2D eigenvalue weighted by atomic mass is 35.5. The summed E-state index contributed by atoms with van der Waals surface area (Å²) in [7, 11) is -3.78. The Morgan fingerprint density at radius 1 is 1.32 bits per heavy atom. The molecule has 0 spiro atoms. The van der Waals surface area contributed by atoms with Crippen LogP contribution in [-0.2, 0) is 10.0 Å². The van der Waals surface area contributed by atoms with Crippen LogP contribution in [0.15, 0.2) is 29.7 Å². The van der Waals surface area contributed by atoms with Crippen LogP contribution in [0.25, 0.3) is 11.0 Å². The Labute approximate surface area is 117 Å². The Morgan fingerprint density at radius 2 is 2.16 bits per heavy atom. The molecular formula is C9H6ClN5O2S2. The quantitative estimate of drug-likeness (QED) is 0.768. The topological polar surface area (TPSA) is 101 Å². The molecule has 0 radical (unpaired) electrons. The summed E-state index contributed by atoms with van der Waals surface area (Å²) >= 11 is 7.00. The highest BCUT2D eigenvalue weighted by Crippen LogP contribution is 2.31. The first-order chi connectivity index (χ1) is 9.08. The molecule has 10 heteroatoms. The number of H-pyrrole nitrogens is 1. The number of nitrogens with one attached hydrogen (secondary N) is 2. The molecular weight excluding hydrogens is 310 g/mol. The van der Waals surface area contributed by atoms with Gasteiger partial charge in [-0.15, -0.1) is 0 Å². The summed E-state index contributed by atoms with van der Waals surface area (Å²) in [5.41, 5.74) is 1.21. The summed E-state index contributed by atoms with van der Waals surface area (Å²) in [5.74, 6) is 0. The van der Waals surface area contributed by atoms with E-state index in [-0.39, 0.29) is 15.7 Å². The van der Waals surface area contributed by atoms with E-state index in [9.17, 15) is 8.42 Å². The summed E-state index contributed by atoms with van der Waals surface area (Å²) in [6.45, 7) is 0. The fraction of sp³-hybridized carbons (Fsp3) is 0. The Morgan fingerprint density at radius 3 is 2.89 bits per heavy atom. The summed E-state index contributed by atoms with van der Waals surface area (Å²) in [5, 5.41) is 0.201. The lowest BCUT2D eigenvalue weighted by atomic mass is 10.3. The monoisotopic (exact) mass is 315 g/mol. The van der Waals surface area contributed by atoms with Gasteiger partial charge in [0.2, 0.25) is 0 Å². The lowest BCUT2D eigenvalue weighted by molar-refractivity contribution is 0.598. The van der Waals surface area contributed by atoms with Gasteiger partial charge >= 0.3 is 0 Å². The summed E-state index contributed by atoms with van der Waals surface area (Å²) in [6, 6.07) is 3.24. The van der Waals surface area contributed by atoms with E-state index >= 15 is 0 Å². The maximum atomic E-state index is 12.1. The molecule has 0 unspecified atom stereocenters. The first kappa shape index (κ1) is 12.3. The second-order valence-corrected chi connectivity index (χ2v) is 6.16. The number of hydrogen-bond acceptors (Lipinski definition) is 6. The summed E-state index contributed by atoms with van der Waals surface area (Å²) in [6.07, 6.45) is 2.48. The van der Waals surface area contributed by atoms with Crippen molar-refractivity contribution in [3.8, 4) is 0 Å². The van der Waals surface area contributed by atoms with Gasteiger partial charge in [0.05, 0.1) is 35.0 Å². The fourth-order valence-corrected chi connectivity index (χ4v) is 3.29. The standard InChI is InChI=1S/C9H6ClN5O2S2/c10-5-1-2-6-9(14-18-13-6)8(5)15-19(16,17)7-3-11-4-12-7/h1-4,15H,(H,11,12). The van der Waals surface area contributed by atoms with Crippen LogP contribution in [0.2, 0.25) is 5.02 Å². The molecule has 3 aromatic rings. The van der Waals surface area contributed by atoms with E-state index in [0.29, 0.717) is 11.0 Å². The van der Waals surface area contributed by atoms with Gasteiger partial charge in [-0.05, 0) is 12.1 Å². The molecule has 0 saturated carbocycles. The molecule has 2 aromatic heterocycles. The number of nitrogens with zero attached hydrogens (tertiary/aromatic N) is 3. The number of benzene rings is 1. The molecule has 0 bridgehead atoms. The number of aromatic nitrogens is 4. The lowest BCUT2D eigenvalue weighted by Crippen LogP contribution is -2.14. The normalized spacial score (nSPS) is 11.8. The van der Waals surface area contributed by atoms with Gasteiger partial charge in [-0.3, -0.25) is 4.72 Å². The molecule has 0 amide bonds. The molecule has 0 aliphatic rings. The van der Waals surface area contributed by atoms with Crippen molar-refractivity contribution in [1.82, 2.24) is 18.7 Å². The predicted octanol–water partition coefficient (Wildman–Crippen LogP) is 1.87. The zero-order valence-corrected chi connectivity index (χ0v) is 11.6. The van der Waals surface area contributed by atoms with Crippen LogP contribution in [0, 0.1) is 0 Å². The first-order valence-corrected chi connectivity index (χ1v) is 7.59. The van der Waals surface area contributed by atoms with E-state index in [2.05, 4.69) is 23.4 Å². The minimum Gasteiger partial charge on any atom is -0.334 e. The number of halogens is 1. The third-order valence-electron chi connectivity index (χ3n) is 2.38. The van der Waals surface area contributed by atoms with Crippen molar-refractivity contribution in [2.75, 3.05) is 4.72 Å². The van der Waals surface area contributed by atoms with Crippen LogP contribution in [0.3, 0.4) is 0 Å². The fourth-order valence-electron chi connectivity index (χ4n) is 1.50. The number of rotatable bonds is 3. The van der Waals surface area contributed by atoms with Crippen LogP contribution < -0.4 is 4.72 Å². The highest BCUT2D eigenvalue weighted by Gasteiger charge is 2.20. The van der Waals surface area contributed by atoms with Gasteiger partial charge in [0.1, 0.15) is 11.0 Å². The largest absolute Gasteiger partial charge is 0.334 e. The molecule has 0 atom stereocenters. The third-order valence-corrected chi connectivity index (χ3v) is 4.51. The average molecular weight is 316 g/mol. The zero-order chi connectivity index (χ0) is 13.5. The van der Waals surface area contributed by atoms with Gasteiger partial charge < -0.3 is 4.98 Å². The molecule has 1 aromatic carbocycles. The molecule has 98 valence electrons. The van der Waals surface area contributed by atoms with Gasteiger partial charge in [-0.1, -0.05) is 11.6 Å². The number of imidazole rings is 1. The highest BCUT2D eigenvalue weighted by molar-refractivity contribution is 7.92.